The molecule has 0 unspecified atom stereocenters. The molecule has 7 nitrogen and oxygen atoms in total. The second kappa shape index (κ2) is 7.64. The number of imidazole rings is 1. The van der Waals surface area contributed by atoms with Crippen LogP contribution in [0.1, 0.15) is 22.3 Å². The van der Waals surface area contributed by atoms with Crippen molar-refractivity contribution in [2.24, 2.45) is 0 Å². The van der Waals surface area contributed by atoms with Crippen molar-refractivity contribution in [2.75, 3.05) is 31.2 Å². The van der Waals surface area contributed by atoms with Gasteiger partial charge in [-0.05, 0) is 6.92 Å². The summed E-state index contributed by atoms with van der Waals surface area (Å²) in [5.41, 5.74) is 4.32. The van der Waals surface area contributed by atoms with E-state index in [-0.39, 0.29) is 12.0 Å². The highest BCUT2D eigenvalue weighted by Crippen LogP contribution is 2.33. The van der Waals surface area contributed by atoms with Crippen molar-refractivity contribution in [3.8, 4) is 29.5 Å². The summed E-state index contributed by atoms with van der Waals surface area (Å²) in [5.74, 6) is 0.668. The lowest BCUT2D eigenvalue weighted by molar-refractivity contribution is 0.122. The molecule has 3 heterocycles. The lowest BCUT2D eigenvalue weighted by Gasteiger charge is -2.30. The number of fused-ring (bicyclic) bond motifs is 1. The van der Waals surface area contributed by atoms with Crippen LogP contribution in [0.5, 0.6) is 0 Å². The molecular formula is C22H18N6O. The lowest BCUT2D eigenvalue weighted by Crippen LogP contribution is -2.38. The summed E-state index contributed by atoms with van der Waals surface area (Å²) >= 11 is 0. The van der Waals surface area contributed by atoms with E-state index in [1.54, 1.807) is 0 Å². The summed E-state index contributed by atoms with van der Waals surface area (Å²) in [6.07, 6.45) is 1.84. The molecule has 1 aliphatic rings. The maximum atomic E-state index is 9.93. The molecule has 1 aliphatic heterocycles. The molecule has 7 heteroatoms. The molecule has 1 fully saturated rings. The fourth-order valence-corrected chi connectivity index (χ4v) is 3.67. The summed E-state index contributed by atoms with van der Waals surface area (Å²) in [7, 11) is 0. The van der Waals surface area contributed by atoms with E-state index < -0.39 is 0 Å². The Balaban J connectivity index is 2.04. The molecule has 29 heavy (non-hydrogen) atoms. The Morgan fingerprint density at radius 1 is 1.03 bits per heavy atom. The van der Waals surface area contributed by atoms with Gasteiger partial charge >= 0.3 is 0 Å². The summed E-state index contributed by atoms with van der Waals surface area (Å²) in [4.78, 5) is 6.79. The van der Waals surface area contributed by atoms with Crippen molar-refractivity contribution in [1.29, 1.82) is 15.8 Å². The smallest absolute Gasteiger partial charge is 0.157 e. The molecule has 0 saturated carbocycles. The van der Waals surface area contributed by atoms with Gasteiger partial charge in [0.2, 0.25) is 0 Å². The van der Waals surface area contributed by atoms with Crippen molar-refractivity contribution in [1.82, 2.24) is 9.38 Å². The normalized spacial score (nSPS) is 13.7. The van der Waals surface area contributed by atoms with Gasteiger partial charge in [-0.2, -0.15) is 15.8 Å². The molecule has 0 amide bonds. The minimum atomic E-state index is -0.0215. The number of rotatable bonds is 3. The highest BCUT2D eigenvalue weighted by molar-refractivity contribution is 5.76. The van der Waals surface area contributed by atoms with Crippen molar-refractivity contribution in [2.45, 2.75) is 13.3 Å². The molecule has 1 saturated heterocycles. The number of morpholine rings is 1. The molecule has 0 aliphatic carbocycles. The summed E-state index contributed by atoms with van der Waals surface area (Å²) in [6.45, 7) is 4.38. The SMILES string of the molecule is Cc1ccc(-c2cn3c(N4CCOCC4)c(C#N)c(CC#N)c(C#N)c3n2)cc1. The van der Waals surface area contributed by atoms with E-state index in [4.69, 9.17) is 9.72 Å². The number of aryl methyl sites for hydroxylation is 1. The number of pyridine rings is 1. The van der Waals surface area contributed by atoms with Crippen LogP contribution in [0.3, 0.4) is 0 Å². The first-order chi connectivity index (χ1) is 14.2. The number of anilines is 1. The average Bonchev–Trinajstić information content (AvgIpc) is 3.18. The van der Waals surface area contributed by atoms with Gasteiger partial charge in [0.15, 0.2) is 5.65 Å². The molecule has 0 atom stereocenters. The zero-order chi connectivity index (χ0) is 20.4. The third-order valence-corrected chi connectivity index (χ3v) is 5.12. The van der Waals surface area contributed by atoms with Gasteiger partial charge in [0.05, 0.1) is 37.0 Å². The molecule has 0 spiro atoms. The fourth-order valence-electron chi connectivity index (χ4n) is 3.67. The Labute approximate surface area is 168 Å². The number of nitriles is 3. The van der Waals surface area contributed by atoms with Gasteiger partial charge in [-0.15, -0.1) is 0 Å². The minimum absolute atomic E-state index is 0.0215. The molecule has 3 aromatic rings. The van der Waals surface area contributed by atoms with Gasteiger partial charge in [-0.3, -0.25) is 4.40 Å². The van der Waals surface area contributed by atoms with Crippen LogP contribution in [0.15, 0.2) is 30.5 Å². The monoisotopic (exact) mass is 382 g/mol. The van der Waals surface area contributed by atoms with E-state index in [0.29, 0.717) is 54.6 Å². The highest BCUT2D eigenvalue weighted by Gasteiger charge is 2.26. The Hall–Kier alpha value is -3.86. The third kappa shape index (κ3) is 3.17. The van der Waals surface area contributed by atoms with Crippen LogP contribution in [0.25, 0.3) is 16.9 Å². The van der Waals surface area contributed by atoms with Gasteiger partial charge in [-0.1, -0.05) is 29.8 Å². The van der Waals surface area contributed by atoms with Gasteiger partial charge in [0.1, 0.15) is 23.5 Å². The fraction of sp³-hybridized carbons (Fsp3) is 0.273. The van der Waals surface area contributed by atoms with Gasteiger partial charge < -0.3 is 9.64 Å². The molecule has 0 bridgehead atoms. The third-order valence-electron chi connectivity index (χ3n) is 5.12. The van der Waals surface area contributed by atoms with E-state index in [9.17, 15) is 15.8 Å². The van der Waals surface area contributed by atoms with Crippen LogP contribution in [0.2, 0.25) is 0 Å². The Morgan fingerprint density at radius 3 is 2.34 bits per heavy atom. The zero-order valence-electron chi connectivity index (χ0n) is 16.0. The van der Waals surface area contributed by atoms with Crippen molar-refractivity contribution in [3.63, 3.8) is 0 Å². The van der Waals surface area contributed by atoms with Gasteiger partial charge in [0, 0.05) is 30.4 Å². The van der Waals surface area contributed by atoms with E-state index in [2.05, 4.69) is 23.1 Å². The number of benzene rings is 1. The predicted molar refractivity (Wildman–Crippen MR) is 107 cm³/mol. The van der Waals surface area contributed by atoms with E-state index in [0.717, 1.165) is 11.1 Å². The second-order valence-electron chi connectivity index (χ2n) is 6.90. The minimum Gasteiger partial charge on any atom is -0.378 e. The highest BCUT2D eigenvalue weighted by atomic mass is 16.5. The summed E-state index contributed by atoms with van der Waals surface area (Å²) in [6, 6.07) is 14.5. The Bertz CT molecular complexity index is 1200. The molecule has 0 radical (unpaired) electrons. The van der Waals surface area contributed by atoms with Crippen LogP contribution < -0.4 is 4.90 Å². The first-order valence-corrected chi connectivity index (χ1v) is 9.32. The van der Waals surface area contributed by atoms with E-state index >= 15 is 0 Å². The quantitative estimate of drug-likeness (QED) is 0.690. The molecule has 4 rings (SSSR count). The van der Waals surface area contributed by atoms with Crippen LogP contribution in [0, 0.1) is 40.9 Å². The maximum absolute atomic E-state index is 9.93. The number of hydrogen-bond acceptors (Lipinski definition) is 6. The molecule has 0 N–H and O–H groups in total. The Morgan fingerprint density at radius 2 is 1.72 bits per heavy atom. The van der Waals surface area contributed by atoms with Crippen molar-refractivity contribution in [3.05, 3.63) is 52.7 Å². The van der Waals surface area contributed by atoms with Crippen LogP contribution in [-0.4, -0.2) is 35.7 Å². The predicted octanol–water partition coefficient (Wildman–Crippen LogP) is 2.96. The summed E-state index contributed by atoms with van der Waals surface area (Å²) in [5, 5.41) is 29.1. The van der Waals surface area contributed by atoms with Crippen molar-refractivity contribution < 1.29 is 4.74 Å². The Kier molecular flexibility index (Phi) is 4.87. The first-order valence-electron chi connectivity index (χ1n) is 9.32. The largest absolute Gasteiger partial charge is 0.378 e. The topological polar surface area (TPSA) is 101 Å². The maximum Gasteiger partial charge on any atom is 0.157 e. The number of aromatic nitrogens is 2. The zero-order valence-corrected chi connectivity index (χ0v) is 16.0. The van der Waals surface area contributed by atoms with Gasteiger partial charge in [0.25, 0.3) is 0 Å². The number of ether oxygens (including phenoxy) is 1. The van der Waals surface area contributed by atoms with Crippen LogP contribution in [0.4, 0.5) is 5.82 Å². The van der Waals surface area contributed by atoms with Crippen LogP contribution >= 0.6 is 0 Å². The van der Waals surface area contributed by atoms with E-state index in [1.807, 2.05) is 41.8 Å². The molecule has 142 valence electrons. The molecular weight excluding hydrogens is 364 g/mol. The summed E-state index contributed by atoms with van der Waals surface area (Å²) < 4.78 is 7.28. The second-order valence-corrected chi connectivity index (χ2v) is 6.90. The average molecular weight is 382 g/mol. The molecule has 1 aromatic carbocycles. The van der Waals surface area contributed by atoms with E-state index in [1.165, 1.54) is 0 Å². The van der Waals surface area contributed by atoms with Crippen LogP contribution in [-0.2, 0) is 11.2 Å². The van der Waals surface area contributed by atoms with Crippen molar-refractivity contribution >= 4 is 11.5 Å². The standard InChI is InChI=1S/C22H18N6O/c1-15-2-4-16(5-3-15)20-14-28-21(26-20)18(12-24)17(6-7-23)19(13-25)22(28)27-8-10-29-11-9-27/h2-5,14H,6,8-11H2,1H3. The number of nitrogens with zero attached hydrogens (tertiary/aromatic N) is 6. The first kappa shape index (κ1) is 18.5. The van der Waals surface area contributed by atoms with Gasteiger partial charge in [-0.25, -0.2) is 4.98 Å². The number of hydrogen-bond donors (Lipinski definition) is 0. The molecule has 2 aromatic heterocycles. The lowest BCUT2D eigenvalue weighted by atomic mass is 10.0.